The lowest BCUT2D eigenvalue weighted by Crippen LogP contribution is -2.49. The first-order valence-corrected chi connectivity index (χ1v) is 10.2. The van der Waals surface area contributed by atoms with Gasteiger partial charge in [0.15, 0.2) is 5.82 Å². The Labute approximate surface area is 176 Å². The Morgan fingerprint density at radius 2 is 1.80 bits per heavy atom. The minimum atomic E-state index is -0.0489. The molecule has 7 nitrogen and oxygen atoms in total. The van der Waals surface area contributed by atoms with Gasteiger partial charge in [0, 0.05) is 37.9 Å². The van der Waals surface area contributed by atoms with Crippen LogP contribution < -0.4 is 9.64 Å². The molecule has 0 unspecified atom stereocenters. The fourth-order valence-corrected chi connectivity index (χ4v) is 3.61. The van der Waals surface area contributed by atoms with Crippen molar-refractivity contribution in [2.75, 3.05) is 37.7 Å². The minimum Gasteiger partial charge on any atom is -0.477 e. The van der Waals surface area contributed by atoms with Crippen molar-refractivity contribution in [3.63, 3.8) is 0 Å². The van der Waals surface area contributed by atoms with E-state index in [-0.39, 0.29) is 5.91 Å². The lowest BCUT2D eigenvalue weighted by atomic mass is 10.1. The van der Waals surface area contributed by atoms with Gasteiger partial charge >= 0.3 is 0 Å². The van der Waals surface area contributed by atoms with Crippen LogP contribution in [0.1, 0.15) is 22.8 Å². The number of benzene rings is 1. The molecule has 1 aromatic carbocycles. The molecule has 0 aliphatic carbocycles. The first-order chi connectivity index (χ1) is 14.7. The van der Waals surface area contributed by atoms with Crippen LogP contribution in [0, 0.1) is 6.92 Å². The maximum Gasteiger partial charge on any atom is 0.259 e. The summed E-state index contributed by atoms with van der Waals surface area (Å²) in [6.07, 6.45) is 1.64. The number of anilines is 1. The van der Waals surface area contributed by atoms with Gasteiger partial charge in [0.25, 0.3) is 5.91 Å². The average molecular weight is 403 g/mol. The standard InChI is InChI=1S/C23H25N5O2/c1-3-30-22-19(9-6-12-24-22)23(29)28-15-13-27(14-16-28)21-11-10-20(25-26-21)18-8-5-4-7-17(18)2/h4-12H,3,13-16H2,1-2H3. The van der Waals surface area contributed by atoms with Gasteiger partial charge in [-0.1, -0.05) is 24.3 Å². The fraction of sp³-hybridized carbons (Fsp3) is 0.304. The molecule has 7 heteroatoms. The van der Waals surface area contributed by atoms with Crippen LogP contribution in [-0.2, 0) is 0 Å². The SMILES string of the molecule is CCOc1ncccc1C(=O)N1CCN(c2ccc(-c3ccccc3C)nn2)CC1. The van der Waals surface area contributed by atoms with E-state index in [0.717, 1.165) is 17.1 Å². The van der Waals surface area contributed by atoms with Gasteiger partial charge in [0.1, 0.15) is 5.56 Å². The lowest BCUT2D eigenvalue weighted by molar-refractivity contribution is 0.0741. The highest BCUT2D eigenvalue weighted by Crippen LogP contribution is 2.23. The molecule has 1 amide bonds. The summed E-state index contributed by atoms with van der Waals surface area (Å²) in [5.41, 5.74) is 3.64. The van der Waals surface area contributed by atoms with E-state index in [1.54, 1.807) is 18.3 Å². The Morgan fingerprint density at radius 3 is 2.50 bits per heavy atom. The first kappa shape index (κ1) is 19.8. The molecular formula is C23H25N5O2. The molecule has 1 saturated heterocycles. The van der Waals surface area contributed by atoms with Crippen molar-refractivity contribution in [2.24, 2.45) is 0 Å². The molecule has 0 spiro atoms. The smallest absolute Gasteiger partial charge is 0.259 e. The van der Waals surface area contributed by atoms with Gasteiger partial charge in [-0.3, -0.25) is 4.79 Å². The molecular weight excluding hydrogens is 378 g/mol. The summed E-state index contributed by atoms with van der Waals surface area (Å²) in [5, 5.41) is 8.85. The molecule has 3 aromatic rings. The zero-order chi connectivity index (χ0) is 20.9. The number of amides is 1. The topological polar surface area (TPSA) is 71.5 Å². The number of carbonyl (C=O) groups is 1. The van der Waals surface area contributed by atoms with Gasteiger partial charge in [-0.2, -0.15) is 0 Å². The summed E-state index contributed by atoms with van der Waals surface area (Å²) >= 11 is 0. The number of nitrogens with zero attached hydrogens (tertiary/aromatic N) is 5. The van der Waals surface area contributed by atoms with Gasteiger partial charge in [0.2, 0.25) is 5.88 Å². The number of hydrogen-bond acceptors (Lipinski definition) is 6. The van der Waals surface area contributed by atoms with Gasteiger partial charge in [0.05, 0.1) is 12.3 Å². The van der Waals surface area contributed by atoms with Crippen molar-refractivity contribution < 1.29 is 9.53 Å². The van der Waals surface area contributed by atoms with Gasteiger partial charge in [-0.25, -0.2) is 4.98 Å². The Bertz CT molecular complexity index is 1010. The Hall–Kier alpha value is -3.48. The average Bonchev–Trinajstić information content (AvgIpc) is 2.80. The predicted octanol–water partition coefficient (Wildman–Crippen LogP) is 3.21. The second-order valence-electron chi connectivity index (χ2n) is 7.16. The van der Waals surface area contributed by atoms with Crippen LogP contribution in [0.15, 0.2) is 54.7 Å². The van der Waals surface area contributed by atoms with Crippen molar-refractivity contribution in [1.29, 1.82) is 0 Å². The van der Waals surface area contributed by atoms with Crippen LogP contribution in [0.3, 0.4) is 0 Å². The summed E-state index contributed by atoms with van der Waals surface area (Å²) in [5.74, 6) is 1.17. The third-order valence-corrected chi connectivity index (χ3v) is 5.24. The van der Waals surface area contributed by atoms with Gasteiger partial charge < -0.3 is 14.5 Å². The second-order valence-corrected chi connectivity index (χ2v) is 7.16. The number of aryl methyl sites for hydroxylation is 1. The maximum absolute atomic E-state index is 12.9. The normalized spacial score (nSPS) is 13.9. The second kappa shape index (κ2) is 8.90. The summed E-state index contributed by atoms with van der Waals surface area (Å²) in [6.45, 7) is 7.06. The van der Waals surface area contributed by atoms with Crippen molar-refractivity contribution in [1.82, 2.24) is 20.1 Å². The molecule has 4 rings (SSSR count). The van der Waals surface area contributed by atoms with Crippen LogP contribution in [0.5, 0.6) is 5.88 Å². The number of rotatable bonds is 5. The molecule has 2 aromatic heterocycles. The minimum absolute atomic E-state index is 0.0489. The predicted molar refractivity (Wildman–Crippen MR) is 116 cm³/mol. The van der Waals surface area contributed by atoms with Crippen molar-refractivity contribution in [3.05, 3.63) is 65.9 Å². The first-order valence-electron chi connectivity index (χ1n) is 10.2. The van der Waals surface area contributed by atoms with Gasteiger partial charge in [-0.05, 0) is 43.7 Å². The highest BCUT2D eigenvalue weighted by molar-refractivity contribution is 5.96. The van der Waals surface area contributed by atoms with E-state index in [0.29, 0.717) is 44.2 Å². The lowest BCUT2D eigenvalue weighted by Gasteiger charge is -2.35. The zero-order valence-electron chi connectivity index (χ0n) is 17.3. The number of aromatic nitrogens is 3. The fourth-order valence-electron chi connectivity index (χ4n) is 3.61. The molecule has 154 valence electrons. The monoisotopic (exact) mass is 403 g/mol. The summed E-state index contributed by atoms with van der Waals surface area (Å²) in [4.78, 5) is 21.1. The number of carbonyl (C=O) groups excluding carboxylic acids is 1. The maximum atomic E-state index is 12.9. The molecule has 0 atom stereocenters. The molecule has 0 saturated carbocycles. The Morgan fingerprint density at radius 1 is 1.00 bits per heavy atom. The number of piperazine rings is 1. The molecule has 1 fully saturated rings. The van der Waals surface area contributed by atoms with E-state index in [1.807, 2.05) is 36.1 Å². The molecule has 3 heterocycles. The van der Waals surface area contributed by atoms with E-state index in [9.17, 15) is 4.79 Å². The molecule has 0 radical (unpaired) electrons. The Kier molecular flexibility index (Phi) is 5.88. The third kappa shape index (κ3) is 4.10. The van der Waals surface area contributed by atoms with Crippen LogP contribution in [-0.4, -0.2) is 58.8 Å². The largest absolute Gasteiger partial charge is 0.477 e. The van der Waals surface area contributed by atoms with E-state index < -0.39 is 0 Å². The van der Waals surface area contributed by atoms with Gasteiger partial charge in [-0.15, -0.1) is 10.2 Å². The molecule has 0 bridgehead atoms. The van der Waals surface area contributed by atoms with Crippen molar-refractivity contribution >= 4 is 11.7 Å². The number of pyridine rings is 1. The van der Waals surface area contributed by atoms with Crippen LogP contribution in [0.25, 0.3) is 11.3 Å². The Balaban J connectivity index is 1.41. The van der Waals surface area contributed by atoms with E-state index in [1.165, 1.54) is 5.56 Å². The molecule has 0 N–H and O–H groups in total. The van der Waals surface area contributed by atoms with Crippen LogP contribution in [0.2, 0.25) is 0 Å². The summed E-state index contributed by atoms with van der Waals surface area (Å²) in [7, 11) is 0. The molecule has 30 heavy (non-hydrogen) atoms. The summed E-state index contributed by atoms with van der Waals surface area (Å²) in [6, 6.07) is 15.7. The third-order valence-electron chi connectivity index (χ3n) is 5.24. The van der Waals surface area contributed by atoms with E-state index in [4.69, 9.17) is 4.74 Å². The van der Waals surface area contributed by atoms with E-state index in [2.05, 4.69) is 39.1 Å². The van der Waals surface area contributed by atoms with Crippen molar-refractivity contribution in [3.8, 4) is 17.1 Å². The quantitative estimate of drug-likeness (QED) is 0.651. The summed E-state index contributed by atoms with van der Waals surface area (Å²) < 4.78 is 5.51. The number of hydrogen-bond donors (Lipinski definition) is 0. The zero-order valence-corrected chi connectivity index (χ0v) is 17.3. The van der Waals surface area contributed by atoms with Crippen molar-refractivity contribution in [2.45, 2.75) is 13.8 Å². The highest BCUT2D eigenvalue weighted by Gasteiger charge is 2.25. The number of ether oxygens (including phenoxy) is 1. The highest BCUT2D eigenvalue weighted by atomic mass is 16.5. The van der Waals surface area contributed by atoms with Crippen LogP contribution in [0.4, 0.5) is 5.82 Å². The molecule has 1 aliphatic heterocycles. The van der Waals surface area contributed by atoms with E-state index >= 15 is 0 Å². The molecule has 1 aliphatic rings. The van der Waals surface area contributed by atoms with Crippen LogP contribution >= 0.6 is 0 Å².